The lowest BCUT2D eigenvalue weighted by Gasteiger charge is -2.17. The van der Waals surface area contributed by atoms with Crippen LogP contribution in [0.3, 0.4) is 0 Å². The number of nitrogens with zero attached hydrogens (tertiary/aromatic N) is 1. The molecule has 126 valence electrons. The van der Waals surface area contributed by atoms with Gasteiger partial charge in [-0.15, -0.1) is 0 Å². The fraction of sp³-hybridized carbons (Fsp3) is 0.316. The van der Waals surface area contributed by atoms with E-state index in [9.17, 15) is 9.18 Å². The van der Waals surface area contributed by atoms with Crippen LogP contribution in [0.25, 0.3) is 0 Å². The first-order chi connectivity index (χ1) is 11.7. The van der Waals surface area contributed by atoms with Gasteiger partial charge in [0.25, 0.3) is 0 Å². The van der Waals surface area contributed by atoms with E-state index in [-0.39, 0.29) is 18.0 Å². The largest absolute Gasteiger partial charge is 0.372 e. The summed E-state index contributed by atoms with van der Waals surface area (Å²) in [7, 11) is 0. The highest BCUT2D eigenvalue weighted by molar-refractivity contribution is 5.74. The zero-order valence-corrected chi connectivity index (χ0v) is 13.5. The minimum atomic E-state index is -0.275. The number of urea groups is 1. The molecule has 1 N–H and O–H groups in total. The zero-order valence-electron chi connectivity index (χ0n) is 13.5. The Kier molecular flexibility index (Phi) is 5.43. The van der Waals surface area contributed by atoms with Gasteiger partial charge in [-0.3, -0.25) is 0 Å². The second kappa shape index (κ2) is 7.93. The number of hydrogen-bond acceptors (Lipinski definition) is 2. The number of hydrogen-bond donors (Lipinski definition) is 1. The summed E-state index contributed by atoms with van der Waals surface area (Å²) in [6.07, 6.45) is 0.915. The van der Waals surface area contributed by atoms with Crippen LogP contribution in [-0.4, -0.2) is 30.1 Å². The Morgan fingerprint density at radius 2 is 1.88 bits per heavy atom. The van der Waals surface area contributed by atoms with Gasteiger partial charge in [-0.1, -0.05) is 42.5 Å². The van der Waals surface area contributed by atoms with E-state index in [4.69, 9.17) is 4.74 Å². The fourth-order valence-corrected chi connectivity index (χ4v) is 2.73. The van der Waals surface area contributed by atoms with Crippen LogP contribution in [0.4, 0.5) is 9.18 Å². The van der Waals surface area contributed by atoms with Gasteiger partial charge in [0.15, 0.2) is 0 Å². The number of halogens is 1. The zero-order chi connectivity index (χ0) is 16.8. The molecule has 0 radical (unpaired) electrons. The standard InChI is InChI=1S/C19H21FN2O2/c20-17-8-6-15(7-9-17)12-21-19(23)22-11-10-18(13-22)24-14-16-4-2-1-3-5-16/h1-9,18H,10-14H2,(H,21,23). The highest BCUT2D eigenvalue weighted by Crippen LogP contribution is 2.15. The predicted molar refractivity (Wildman–Crippen MR) is 89.8 cm³/mol. The third kappa shape index (κ3) is 4.55. The Bertz CT molecular complexity index is 661. The Hall–Kier alpha value is -2.40. The van der Waals surface area contributed by atoms with E-state index in [1.165, 1.54) is 12.1 Å². The van der Waals surface area contributed by atoms with Gasteiger partial charge in [0.2, 0.25) is 0 Å². The van der Waals surface area contributed by atoms with Gasteiger partial charge in [0.05, 0.1) is 12.7 Å². The molecule has 0 aromatic heterocycles. The average Bonchev–Trinajstić information content (AvgIpc) is 3.09. The molecule has 1 aliphatic heterocycles. The lowest BCUT2D eigenvalue weighted by Crippen LogP contribution is -2.38. The Morgan fingerprint density at radius 3 is 2.62 bits per heavy atom. The minimum absolute atomic E-state index is 0.0711. The van der Waals surface area contributed by atoms with Crippen LogP contribution in [0.1, 0.15) is 17.5 Å². The number of ether oxygens (including phenoxy) is 1. The van der Waals surface area contributed by atoms with Gasteiger partial charge in [0.1, 0.15) is 5.82 Å². The Morgan fingerprint density at radius 1 is 1.12 bits per heavy atom. The van der Waals surface area contributed by atoms with Crippen molar-refractivity contribution in [3.05, 3.63) is 71.5 Å². The van der Waals surface area contributed by atoms with Crippen molar-refractivity contribution in [3.63, 3.8) is 0 Å². The quantitative estimate of drug-likeness (QED) is 0.915. The second-order valence-corrected chi connectivity index (χ2v) is 5.94. The smallest absolute Gasteiger partial charge is 0.317 e. The van der Waals surface area contributed by atoms with Crippen molar-refractivity contribution in [2.24, 2.45) is 0 Å². The molecule has 5 heteroatoms. The predicted octanol–water partition coefficient (Wildman–Crippen LogP) is 3.33. The van der Waals surface area contributed by atoms with Gasteiger partial charge in [-0.05, 0) is 29.7 Å². The molecule has 1 saturated heterocycles. The second-order valence-electron chi connectivity index (χ2n) is 5.94. The van der Waals surface area contributed by atoms with Gasteiger partial charge in [-0.25, -0.2) is 9.18 Å². The average molecular weight is 328 g/mol. The molecule has 4 nitrogen and oxygen atoms in total. The van der Waals surface area contributed by atoms with Crippen LogP contribution in [0, 0.1) is 5.82 Å². The molecule has 2 aromatic rings. The molecule has 3 rings (SSSR count). The fourth-order valence-electron chi connectivity index (χ4n) is 2.73. The Labute approximate surface area is 141 Å². The lowest BCUT2D eigenvalue weighted by atomic mass is 10.2. The van der Waals surface area contributed by atoms with Crippen LogP contribution >= 0.6 is 0 Å². The number of likely N-dealkylation sites (tertiary alicyclic amines) is 1. The normalized spacial score (nSPS) is 17.0. The van der Waals surface area contributed by atoms with Crippen LogP contribution in [0.15, 0.2) is 54.6 Å². The first-order valence-electron chi connectivity index (χ1n) is 8.13. The van der Waals surface area contributed by atoms with Gasteiger partial charge in [-0.2, -0.15) is 0 Å². The summed E-state index contributed by atoms with van der Waals surface area (Å²) in [5.74, 6) is -0.275. The first-order valence-corrected chi connectivity index (χ1v) is 8.13. The minimum Gasteiger partial charge on any atom is -0.372 e. The molecule has 1 fully saturated rings. The number of carbonyl (C=O) groups is 1. The highest BCUT2D eigenvalue weighted by atomic mass is 19.1. The molecule has 0 spiro atoms. The molecule has 1 heterocycles. The number of amides is 2. The lowest BCUT2D eigenvalue weighted by molar-refractivity contribution is 0.0487. The van der Waals surface area contributed by atoms with E-state index < -0.39 is 0 Å². The summed E-state index contributed by atoms with van der Waals surface area (Å²) in [6, 6.07) is 16.0. The van der Waals surface area contributed by atoms with E-state index in [2.05, 4.69) is 5.32 Å². The summed E-state index contributed by atoms with van der Waals surface area (Å²) >= 11 is 0. The van der Waals surface area contributed by atoms with E-state index in [1.54, 1.807) is 17.0 Å². The van der Waals surface area contributed by atoms with Crippen molar-refractivity contribution in [1.82, 2.24) is 10.2 Å². The molecule has 24 heavy (non-hydrogen) atoms. The first kappa shape index (κ1) is 16.5. The SMILES string of the molecule is O=C(NCc1ccc(F)cc1)N1CCC(OCc2ccccc2)C1. The van der Waals surface area contributed by atoms with Crippen molar-refractivity contribution in [2.45, 2.75) is 25.7 Å². The molecule has 0 aliphatic carbocycles. The van der Waals surface area contributed by atoms with E-state index in [0.717, 1.165) is 17.5 Å². The molecular weight excluding hydrogens is 307 g/mol. The van der Waals surface area contributed by atoms with E-state index in [0.29, 0.717) is 26.2 Å². The van der Waals surface area contributed by atoms with Gasteiger partial charge in [0, 0.05) is 19.6 Å². The summed E-state index contributed by atoms with van der Waals surface area (Å²) in [5, 5.41) is 2.86. The molecule has 0 saturated carbocycles. The maximum absolute atomic E-state index is 12.9. The molecule has 1 unspecified atom stereocenters. The van der Waals surface area contributed by atoms with Crippen molar-refractivity contribution >= 4 is 6.03 Å². The monoisotopic (exact) mass is 328 g/mol. The number of rotatable bonds is 5. The summed E-state index contributed by atoms with van der Waals surface area (Å²) in [6.45, 7) is 2.25. The molecule has 0 bridgehead atoms. The Balaban J connectivity index is 1.41. The van der Waals surface area contributed by atoms with Gasteiger partial charge < -0.3 is 15.0 Å². The van der Waals surface area contributed by atoms with E-state index in [1.807, 2.05) is 30.3 Å². The van der Waals surface area contributed by atoms with Crippen LogP contribution in [0.2, 0.25) is 0 Å². The molecule has 2 amide bonds. The highest BCUT2D eigenvalue weighted by Gasteiger charge is 2.26. The molecule has 2 aromatic carbocycles. The van der Waals surface area contributed by atoms with Crippen molar-refractivity contribution in [2.75, 3.05) is 13.1 Å². The van der Waals surface area contributed by atoms with Crippen LogP contribution in [-0.2, 0) is 17.9 Å². The summed E-state index contributed by atoms with van der Waals surface area (Å²) in [4.78, 5) is 14.0. The molecular formula is C19H21FN2O2. The number of nitrogens with one attached hydrogen (secondary N) is 1. The third-order valence-corrected chi connectivity index (χ3v) is 4.12. The maximum Gasteiger partial charge on any atom is 0.317 e. The van der Waals surface area contributed by atoms with Crippen LogP contribution < -0.4 is 5.32 Å². The molecule has 1 aliphatic rings. The van der Waals surface area contributed by atoms with Crippen molar-refractivity contribution in [1.29, 1.82) is 0 Å². The third-order valence-electron chi connectivity index (χ3n) is 4.12. The molecule has 1 atom stereocenters. The maximum atomic E-state index is 12.9. The van der Waals surface area contributed by atoms with Crippen molar-refractivity contribution in [3.8, 4) is 0 Å². The topological polar surface area (TPSA) is 41.6 Å². The summed E-state index contributed by atoms with van der Waals surface area (Å²) in [5.41, 5.74) is 2.01. The van der Waals surface area contributed by atoms with Gasteiger partial charge >= 0.3 is 6.03 Å². The summed E-state index contributed by atoms with van der Waals surface area (Å²) < 4.78 is 18.7. The number of benzene rings is 2. The number of carbonyl (C=O) groups excluding carboxylic acids is 1. The van der Waals surface area contributed by atoms with Crippen LogP contribution in [0.5, 0.6) is 0 Å². The van der Waals surface area contributed by atoms with E-state index >= 15 is 0 Å². The van der Waals surface area contributed by atoms with Crippen molar-refractivity contribution < 1.29 is 13.9 Å².